The molecule has 0 aliphatic heterocycles. The summed E-state index contributed by atoms with van der Waals surface area (Å²) in [5, 5.41) is 2.96. The van der Waals surface area contributed by atoms with Gasteiger partial charge in [-0.2, -0.15) is 0 Å². The van der Waals surface area contributed by atoms with E-state index in [0.717, 1.165) is 6.42 Å². The minimum Gasteiger partial charge on any atom is -0.383 e. The predicted molar refractivity (Wildman–Crippen MR) is 64.5 cm³/mol. The average molecular weight is 221 g/mol. The summed E-state index contributed by atoms with van der Waals surface area (Å²) in [6.07, 6.45) is 1.35. The number of carbonyl (C=O) groups excluding carboxylic acids is 1. The molecule has 1 aromatic carbocycles. The summed E-state index contributed by atoms with van der Waals surface area (Å²) in [5.41, 5.74) is 1.20. The molecule has 0 saturated heterocycles. The van der Waals surface area contributed by atoms with Crippen LogP contribution in [-0.2, 0) is 16.0 Å². The van der Waals surface area contributed by atoms with Gasteiger partial charge in [0.1, 0.15) is 0 Å². The first-order valence-corrected chi connectivity index (χ1v) is 5.50. The molecule has 88 valence electrons. The molecule has 0 heterocycles. The Hall–Kier alpha value is -1.19. The van der Waals surface area contributed by atoms with Crippen LogP contribution in [0.15, 0.2) is 30.3 Å². The lowest BCUT2D eigenvalue weighted by molar-refractivity contribution is -0.122. The van der Waals surface area contributed by atoms with Crippen LogP contribution in [0.5, 0.6) is 0 Å². The van der Waals surface area contributed by atoms with Crippen molar-refractivity contribution in [1.29, 1.82) is 0 Å². The third-order valence-corrected chi connectivity index (χ3v) is 2.57. The monoisotopic (exact) mass is 221 g/mol. The second-order valence-electron chi connectivity index (χ2n) is 3.75. The van der Waals surface area contributed by atoms with E-state index in [-0.39, 0.29) is 11.8 Å². The van der Waals surface area contributed by atoms with Crippen LogP contribution in [0.1, 0.15) is 12.0 Å². The van der Waals surface area contributed by atoms with Crippen LogP contribution in [0.25, 0.3) is 0 Å². The average Bonchev–Trinajstić information content (AvgIpc) is 2.34. The van der Waals surface area contributed by atoms with E-state index < -0.39 is 0 Å². The van der Waals surface area contributed by atoms with Crippen LogP contribution >= 0.6 is 0 Å². The quantitative estimate of drug-likeness (QED) is 0.757. The molecule has 1 N–H and O–H groups in total. The molecule has 0 aliphatic rings. The van der Waals surface area contributed by atoms with Crippen LogP contribution in [0.4, 0.5) is 0 Å². The third kappa shape index (κ3) is 4.13. The largest absolute Gasteiger partial charge is 0.383 e. The summed E-state index contributed by atoms with van der Waals surface area (Å²) in [6, 6.07) is 9.85. The summed E-state index contributed by atoms with van der Waals surface area (Å²) in [4.78, 5) is 11.8. The highest BCUT2D eigenvalue weighted by molar-refractivity contribution is 5.84. The van der Waals surface area contributed by atoms with Gasteiger partial charge >= 0.3 is 0 Å². The number of benzene rings is 1. The molecular formula is C13H19NO2. The lowest BCUT2D eigenvalue weighted by Gasteiger charge is -2.13. The molecule has 1 rings (SSSR count). The van der Waals surface area contributed by atoms with Gasteiger partial charge in [0.25, 0.3) is 0 Å². The number of Topliss-reactive ketones (excluding diaryl/α,β-unsaturated/α-hetero) is 1. The van der Waals surface area contributed by atoms with Crippen molar-refractivity contribution in [3.05, 3.63) is 35.9 Å². The fourth-order valence-corrected chi connectivity index (χ4v) is 1.59. The Balaban J connectivity index is 2.40. The molecule has 1 atom stereocenters. The van der Waals surface area contributed by atoms with Crippen LogP contribution in [-0.4, -0.2) is 32.6 Å². The second kappa shape index (κ2) is 7.14. The summed E-state index contributed by atoms with van der Waals surface area (Å²) in [5.74, 6) is 0.202. The Morgan fingerprint density at radius 1 is 1.38 bits per heavy atom. The number of ether oxygens (including phenoxy) is 1. The van der Waals surface area contributed by atoms with Gasteiger partial charge in [0, 0.05) is 13.5 Å². The lowest BCUT2D eigenvalue weighted by atomic mass is 10.0. The van der Waals surface area contributed by atoms with Gasteiger partial charge in [-0.3, -0.25) is 4.79 Å². The minimum atomic E-state index is -0.186. The maximum Gasteiger partial charge on any atom is 0.152 e. The van der Waals surface area contributed by atoms with E-state index in [9.17, 15) is 4.79 Å². The maximum absolute atomic E-state index is 11.8. The van der Waals surface area contributed by atoms with E-state index in [1.165, 1.54) is 5.56 Å². The Bertz CT molecular complexity index is 311. The zero-order valence-corrected chi connectivity index (χ0v) is 9.90. The van der Waals surface area contributed by atoms with Crippen LogP contribution in [0.2, 0.25) is 0 Å². The van der Waals surface area contributed by atoms with Gasteiger partial charge in [-0.1, -0.05) is 30.3 Å². The molecule has 0 aromatic heterocycles. The van der Waals surface area contributed by atoms with Gasteiger partial charge in [0.2, 0.25) is 0 Å². The number of aryl methyl sites for hydroxylation is 1. The van der Waals surface area contributed by atoms with E-state index in [2.05, 4.69) is 5.32 Å². The highest BCUT2D eigenvalue weighted by atomic mass is 16.5. The zero-order valence-electron chi connectivity index (χ0n) is 9.90. The molecule has 3 nitrogen and oxygen atoms in total. The molecule has 0 spiro atoms. The van der Waals surface area contributed by atoms with Crippen molar-refractivity contribution >= 4 is 5.78 Å². The molecule has 0 saturated carbocycles. The predicted octanol–water partition coefficient (Wildman–Crippen LogP) is 1.42. The van der Waals surface area contributed by atoms with Gasteiger partial charge in [-0.15, -0.1) is 0 Å². The highest BCUT2D eigenvalue weighted by Gasteiger charge is 2.15. The van der Waals surface area contributed by atoms with Gasteiger partial charge in [-0.25, -0.2) is 0 Å². The van der Waals surface area contributed by atoms with Crippen molar-refractivity contribution in [2.45, 2.75) is 18.9 Å². The molecule has 16 heavy (non-hydrogen) atoms. The SMILES string of the molecule is CN[C@H](COC)C(=O)CCc1ccccc1. The molecule has 3 heteroatoms. The second-order valence-corrected chi connectivity index (χ2v) is 3.75. The molecule has 0 bridgehead atoms. The Kier molecular flexibility index (Phi) is 5.75. The summed E-state index contributed by atoms with van der Waals surface area (Å²) in [6.45, 7) is 0.435. The number of nitrogens with one attached hydrogen (secondary N) is 1. The first kappa shape index (κ1) is 12.9. The van der Waals surface area contributed by atoms with Gasteiger partial charge < -0.3 is 10.1 Å². The number of carbonyl (C=O) groups is 1. The van der Waals surface area contributed by atoms with Gasteiger partial charge in [0.15, 0.2) is 5.78 Å². The number of methoxy groups -OCH3 is 1. The van der Waals surface area contributed by atoms with Crippen LogP contribution in [0, 0.1) is 0 Å². The number of hydrogen-bond acceptors (Lipinski definition) is 3. The summed E-state index contributed by atoms with van der Waals surface area (Å²) < 4.78 is 4.98. The third-order valence-electron chi connectivity index (χ3n) is 2.57. The fourth-order valence-electron chi connectivity index (χ4n) is 1.59. The van der Waals surface area contributed by atoms with Crippen LogP contribution < -0.4 is 5.32 Å². The standard InChI is InChI=1S/C13H19NO2/c1-14-12(10-16-2)13(15)9-8-11-6-4-3-5-7-11/h3-7,12,14H,8-10H2,1-2H3/t12-/m1/s1. The Morgan fingerprint density at radius 2 is 2.06 bits per heavy atom. The smallest absolute Gasteiger partial charge is 0.152 e. The lowest BCUT2D eigenvalue weighted by Crippen LogP contribution is -2.38. The first-order valence-electron chi connectivity index (χ1n) is 5.50. The molecule has 0 amide bonds. The molecule has 0 radical (unpaired) electrons. The normalized spacial score (nSPS) is 12.4. The van der Waals surface area contributed by atoms with E-state index >= 15 is 0 Å². The van der Waals surface area contributed by atoms with Crippen molar-refractivity contribution in [2.24, 2.45) is 0 Å². The number of ketones is 1. The van der Waals surface area contributed by atoms with E-state index in [4.69, 9.17) is 4.74 Å². The molecule has 0 aliphatic carbocycles. The van der Waals surface area contributed by atoms with Crippen molar-refractivity contribution in [3.63, 3.8) is 0 Å². The van der Waals surface area contributed by atoms with Crippen molar-refractivity contribution in [1.82, 2.24) is 5.32 Å². The number of rotatable bonds is 7. The van der Waals surface area contributed by atoms with Gasteiger partial charge in [0.05, 0.1) is 12.6 Å². The number of likely N-dealkylation sites (N-methyl/N-ethyl adjacent to an activating group) is 1. The topological polar surface area (TPSA) is 38.3 Å². The summed E-state index contributed by atoms with van der Waals surface area (Å²) >= 11 is 0. The van der Waals surface area contributed by atoms with E-state index in [0.29, 0.717) is 13.0 Å². The Labute approximate surface area is 96.8 Å². The van der Waals surface area contributed by atoms with E-state index in [1.54, 1.807) is 14.2 Å². The molecule has 0 unspecified atom stereocenters. The molecule has 1 aromatic rings. The highest BCUT2D eigenvalue weighted by Crippen LogP contribution is 2.04. The van der Waals surface area contributed by atoms with Gasteiger partial charge in [-0.05, 0) is 19.0 Å². The minimum absolute atomic E-state index is 0.186. The summed E-state index contributed by atoms with van der Waals surface area (Å²) in [7, 11) is 3.39. The van der Waals surface area contributed by atoms with Crippen molar-refractivity contribution in [2.75, 3.05) is 20.8 Å². The van der Waals surface area contributed by atoms with Crippen molar-refractivity contribution < 1.29 is 9.53 Å². The Morgan fingerprint density at radius 3 is 2.62 bits per heavy atom. The first-order chi connectivity index (χ1) is 7.77. The number of hydrogen-bond donors (Lipinski definition) is 1. The van der Waals surface area contributed by atoms with Crippen molar-refractivity contribution in [3.8, 4) is 0 Å². The fraction of sp³-hybridized carbons (Fsp3) is 0.462. The van der Waals surface area contributed by atoms with E-state index in [1.807, 2.05) is 30.3 Å². The molecular weight excluding hydrogens is 202 g/mol. The van der Waals surface area contributed by atoms with Crippen LogP contribution in [0.3, 0.4) is 0 Å². The zero-order chi connectivity index (χ0) is 11.8. The maximum atomic E-state index is 11.8. The molecule has 0 fully saturated rings.